The van der Waals surface area contributed by atoms with E-state index >= 15 is 0 Å². The van der Waals surface area contributed by atoms with Crippen molar-refractivity contribution in [1.29, 1.82) is 0 Å². The van der Waals surface area contributed by atoms with Crippen LogP contribution in [0, 0.1) is 69.2 Å². The lowest BCUT2D eigenvalue weighted by molar-refractivity contribution is 1.25. The van der Waals surface area contributed by atoms with Crippen LogP contribution in [0.2, 0.25) is 0 Å². The number of fused-ring (bicyclic) bond motifs is 8. The van der Waals surface area contributed by atoms with E-state index in [1.165, 1.54) is 161 Å². The molecule has 131 heavy (non-hydrogen) atoms. The first kappa shape index (κ1) is 80.2. The van der Waals surface area contributed by atoms with Crippen molar-refractivity contribution < 1.29 is 0 Å². The average molecular weight is 1680 g/mol. The van der Waals surface area contributed by atoms with Gasteiger partial charge in [-0.05, 0) is 327 Å². The maximum Gasteiger partial charge on any atom is 0.252 e. The Morgan fingerprint density at radius 2 is 0.519 bits per heavy atom. The van der Waals surface area contributed by atoms with Crippen molar-refractivity contribution in [2.75, 3.05) is 19.6 Å². The van der Waals surface area contributed by atoms with Crippen LogP contribution in [0.15, 0.2) is 400 Å². The van der Waals surface area contributed by atoms with Gasteiger partial charge in [0.05, 0.1) is 5.69 Å². The third-order valence-electron chi connectivity index (χ3n) is 28.6. The fraction of sp³-hybridized carbons (Fsp3) is 0.0806. The topological polar surface area (TPSA) is 13.0 Å². The Bertz CT molecular complexity index is 7540. The van der Waals surface area contributed by atoms with Gasteiger partial charge in [-0.15, -0.1) is 0 Å². The maximum absolute atomic E-state index is 2.77. The summed E-state index contributed by atoms with van der Waals surface area (Å²) >= 11 is 0. The Labute approximate surface area is 772 Å². The predicted octanol–water partition coefficient (Wildman–Crippen LogP) is 27.3. The van der Waals surface area contributed by atoms with Crippen molar-refractivity contribution in [3.8, 4) is 100 Å². The Morgan fingerprint density at radius 1 is 0.198 bits per heavy atom. The summed E-state index contributed by atoms with van der Waals surface area (Å²) < 4.78 is 0. The lowest BCUT2D eigenvalue weighted by Crippen LogP contribution is -2.72. The van der Waals surface area contributed by atoms with Gasteiger partial charge in [-0.2, -0.15) is 0 Å². The van der Waals surface area contributed by atoms with Crippen LogP contribution in [0.4, 0.5) is 68.2 Å². The van der Waals surface area contributed by atoms with E-state index in [0.29, 0.717) is 7.28 Å². The maximum atomic E-state index is 2.77. The summed E-state index contributed by atoms with van der Waals surface area (Å²) in [6, 6.07) is 153. The van der Waals surface area contributed by atoms with Crippen molar-refractivity contribution in [2.45, 2.75) is 69.2 Å². The van der Waals surface area contributed by atoms with Crippen LogP contribution < -0.4 is 63.3 Å². The highest BCUT2D eigenvalue weighted by atomic mass is 15.2. The van der Waals surface area contributed by atoms with Crippen LogP contribution in [0.3, 0.4) is 0 Å². The molecule has 0 aromatic heterocycles. The minimum atomic E-state index is -0.300. The number of anilines is 12. The second-order valence-corrected chi connectivity index (χ2v) is 36.7. The fourth-order valence-corrected chi connectivity index (χ4v) is 22.8. The van der Waals surface area contributed by atoms with Gasteiger partial charge in [0.1, 0.15) is 0 Å². The van der Waals surface area contributed by atoms with E-state index in [2.05, 4.69) is 489 Å². The molecule has 4 aliphatic rings. The third kappa shape index (κ3) is 13.6. The second-order valence-electron chi connectivity index (χ2n) is 36.7. The summed E-state index contributed by atoms with van der Waals surface area (Å²) in [5, 5.41) is 0. The standard InChI is InChI=1S/C124H97B3N4/c1-77-29-23-30-78(2)117(77)93-53-63-100(64-54-93)129-112-68-58-96(120-83(7)35-26-36-84(120)8)70-109(112)127-110-76-107-105(75-113(110)131(115-72-97(71-114(129)123(115)127)121-85(9)37-27-38-86(121)10)124-103(91-43-19-13-20-44-91)47-28-48-104(124)92-45-21-14-22-46-92)125-106-73-102(128(98-59-49-89(50-60-98)87-39-15-11-16-40-87)99-61-51-90(52-62-99)88-41-17-12-18-42-88)74-116-122(106)126(107)108-69-95(119-81(5)33-25-34-82(119)6)57-67-111(108)130(116)101-65-55-94(56-66-101)118-79(3)31-24-32-80(118)4/h11-76,125H,1-10H3. The van der Waals surface area contributed by atoms with Crippen molar-refractivity contribution in [2.24, 2.45) is 0 Å². The smallest absolute Gasteiger partial charge is 0.252 e. The van der Waals surface area contributed by atoms with Gasteiger partial charge in [-0.25, -0.2) is 0 Å². The van der Waals surface area contributed by atoms with Crippen LogP contribution in [0.1, 0.15) is 55.6 Å². The van der Waals surface area contributed by atoms with Crippen LogP contribution in [-0.2, 0) is 0 Å². The van der Waals surface area contributed by atoms with Gasteiger partial charge in [-0.1, -0.05) is 331 Å². The molecule has 0 spiro atoms. The molecule has 0 fully saturated rings. The minimum Gasteiger partial charge on any atom is -0.311 e. The Balaban J connectivity index is 0.847. The quantitative estimate of drug-likeness (QED) is 0.0949. The predicted molar refractivity (Wildman–Crippen MR) is 564 cm³/mol. The van der Waals surface area contributed by atoms with Gasteiger partial charge in [0.25, 0.3) is 6.71 Å². The number of hydrogen-bond acceptors (Lipinski definition) is 4. The number of hydrogen-bond donors (Lipinski definition) is 0. The molecule has 0 atom stereocenters. The molecular weight excluding hydrogens is 1580 g/mol. The van der Waals surface area contributed by atoms with Crippen molar-refractivity contribution in [3.05, 3.63) is 456 Å². The summed E-state index contributed by atoms with van der Waals surface area (Å²) in [7, 11) is 0.637. The number of nitrogens with zero attached hydrogens (tertiary/aromatic N) is 4. The molecule has 7 heteroatoms. The molecule has 0 unspecified atom stereocenters. The fourth-order valence-electron chi connectivity index (χ4n) is 22.8. The molecule has 4 heterocycles. The van der Waals surface area contributed by atoms with E-state index in [4.69, 9.17) is 0 Å². The first-order chi connectivity index (χ1) is 64.1. The van der Waals surface area contributed by atoms with E-state index in [-0.39, 0.29) is 13.4 Å². The van der Waals surface area contributed by atoms with Crippen molar-refractivity contribution >= 4 is 133 Å². The molecule has 0 N–H and O–H groups in total. The van der Waals surface area contributed by atoms with E-state index < -0.39 is 0 Å². The number of benzene rings is 19. The molecule has 0 amide bonds. The first-order valence-electron chi connectivity index (χ1n) is 46.2. The third-order valence-corrected chi connectivity index (χ3v) is 28.6. The Hall–Kier alpha value is -15.4. The zero-order valence-corrected chi connectivity index (χ0v) is 75.8. The molecule has 23 rings (SSSR count). The zero-order valence-electron chi connectivity index (χ0n) is 75.8. The summed E-state index contributed by atoms with van der Waals surface area (Å²) in [6.07, 6.45) is 0. The Kier molecular flexibility index (Phi) is 19.8. The molecule has 0 radical (unpaired) electrons. The van der Waals surface area contributed by atoms with Gasteiger partial charge in [0.15, 0.2) is 7.28 Å². The van der Waals surface area contributed by atoms with Crippen LogP contribution in [-0.4, -0.2) is 20.7 Å². The van der Waals surface area contributed by atoms with Gasteiger partial charge >= 0.3 is 0 Å². The molecule has 622 valence electrons. The molecule has 0 saturated heterocycles. The second kappa shape index (κ2) is 32.4. The van der Waals surface area contributed by atoms with Gasteiger partial charge in [-0.3, -0.25) is 0 Å². The minimum absolute atomic E-state index is 0.260. The highest BCUT2D eigenvalue weighted by molar-refractivity contribution is 7.07. The van der Waals surface area contributed by atoms with Crippen LogP contribution in [0.25, 0.3) is 100 Å². The van der Waals surface area contributed by atoms with E-state index in [1.807, 2.05) is 0 Å². The van der Waals surface area contributed by atoms with Crippen LogP contribution >= 0.6 is 0 Å². The summed E-state index contributed by atoms with van der Waals surface area (Å²) in [4.78, 5) is 10.6. The molecule has 0 bridgehead atoms. The monoisotopic (exact) mass is 1670 g/mol. The zero-order chi connectivity index (χ0) is 88.6. The number of rotatable bonds is 15. The van der Waals surface area contributed by atoms with Crippen molar-refractivity contribution in [3.63, 3.8) is 0 Å². The van der Waals surface area contributed by atoms with E-state index in [1.54, 1.807) is 0 Å². The SMILES string of the molecule is Cc1cccc(C)c1-c1ccc(N2c3ccc(-c4c(C)cccc4C)cc3B3c4cc5c(cc4Bc4cc(N(c6ccc(-c7ccccc7)cc6)c6ccc(-c7ccccc7)cc6)cc2c43)N(c2c(-c3ccccc3)cccc2-c2ccccc2)c2cc(-c3c(C)cccc3C)cc3c2B5c2cc(-c4c(C)cccc4C)ccc2N3c2ccc(-c3c(C)cccc3C)cc2)cc1. The highest BCUT2D eigenvalue weighted by Gasteiger charge is 2.49. The largest absolute Gasteiger partial charge is 0.311 e. The summed E-state index contributed by atoms with van der Waals surface area (Å²) in [5.41, 5.74) is 57.7. The molecule has 19 aromatic carbocycles. The number of para-hydroxylation sites is 1. The molecule has 19 aromatic rings. The van der Waals surface area contributed by atoms with Crippen LogP contribution in [0.5, 0.6) is 0 Å². The molecule has 0 saturated carbocycles. The first-order valence-corrected chi connectivity index (χ1v) is 46.2. The normalized spacial score (nSPS) is 12.5. The van der Waals surface area contributed by atoms with Gasteiger partial charge in [0.2, 0.25) is 6.71 Å². The number of aryl methyl sites for hydroxylation is 10. The van der Waals surface area contributed by atoms with E-state index in [9.17, 15) is 0 Å². The summed E-state index contributed by atoms with van der Waals surface area (Å²) in [5.74, 6) is 0. The van der Waals surface area contributed by atoms with Crippen molar-refractivity contribution in [1.82, 2.24) is 0 Å². The lowest BCUT2D eigenvalue weighted by atomic mass is 9.25. The lowest BCUT2D eigenvalue weighted by Gasteiger charge is -2.46. The molecule has 4 nitrogen and oxygen atoms in total. The summed E-state index contributed by atoms with van der Waals surface area (Å²) in [6.45, 7) is 22.2. The highest BCUT2D eigenvalue weighted by Crippen LogP contribution is 2.54. The molecule has 0 aliphatic carbocycles. The molecule has 4 aliphatic heterocycles. The molecular formula is C124H97B3N4. The van der Waals surface area contributed by atoms with Gasteiger partial charge < -0.3 is 19.6 Å². The average Bonchev–Trinajstić information content (AvgIpc) is 0.679. The van der Waals surface area contributed by atoms with E-state index in [0.717, 1.165) is 107 Å². The Morgan fingerprint density at radius 3 is 0.924 bits per heavy atom. The van der Waals surface area contributed by atoms with Gasteiger partial charge in [0, 0.05) is 73.7 Å².